The van der Waals surface area contributed by atoms with E-state index in [0.29, 0.717) is 23.5 Å². The van der Waals surface area contributed by atoms with Gasteiger partial charge in [-0.05, 0) is 31.1 Å². The molecule has 0 unspecified atom stereocenters. The van der Waals surface area contributed by atoms with E-state index in [1.165, 1.54) is 6.42 Å². The SMILES string of the molecule is C[C@H]1C=CC[C@H]2CCCC(=O)[C@@H]21. The first-order chi connectivity index (χ1) is 5.79. The maximum absolute atomic E-state index is 11.6. The molecular formula is C11H16O. The summed E-state index contributed by atoms with van der Waals surface area (Å²) in [7, 11) is 0. The summed E-state index contributed by atoms with van der Waals surface area (Å²) < 4.78 is 0. The average Bonchev–Trinajstić information content (AvgIpc) is 2.04. The molecule has 0 spiro atoms. The minimum absolute atomic E-state index is 0.365. The van der Waals surface area contributed by atoms with Crippen molar-refractivity contribution in [2.45, 2.75) is 32.6 Å². The average molecular weight is 164 g/mol. The third-order valence-corrected chi connectivity index (χ3v) is 3.32. The van der Waals surface area contributed by atoms with Crippen LogP contribution in [0.2, 0.25) is 0 Å². The lowest BCUT2D eigenvalue weighted by atomic mass is 9.68. The Hall–Kier alpha value is -0.590. The van der Waals surface area contributed by atoms with Crippen LogP contribution in [0.5, 0.6) is 0 Å². The van der Waals surface area contributed by atoms with Gasteiger partial charge >= 0.3 is 0 Å². The lowest BCUT2D eigenvalue weighted by molar-refractivity contribution is -0.128. The first kappa shape index (κ1) is 8.03. The van der Waals surface area contributed by atoms with Gasteiger partial charge in [0.05, 0.1) is 0 Å². The van der Waals surface area contributed by atoms with Crippen molar-refractivity contribution in [2.75, 3.05) is 0 Å². The van der Waals surface area contributed by atoms with Gasteiger partial charge in [0.25, 0.3) is 0 Å². The second-order valence-electron chi connectivity index (χ2n) is 4.17. The van der Waals surface area contributed by atoms with Gasteiger partial charge in [0.1, 0.15) is 5.78 Å². The van der Waals surface area contributed by atoms with Crippen LogP contribution in [-0.4, -0.2) is 5.78 Å². The number of fused-ring (bicyclic) bond motifs is 1. The highest BCUT2D eigenvalue weighted by Crippen LogP contribution is 2.38. The molecule has 1 saturated carbocycles. The summed E-state index contributed by atoms with van der Waals surface area (Å²) in [5.74, 6) is 2.05. The predicted molar refractivity (Wildman–Crippen MR) is 48.8 cm³/mol. The summed E-state index contributed by atoms with van der Waals surface area (Å²) in [5, 5.41) is 0. The molecule has 0 bridgehead atoms. The minimum Gasteiger partial charge on any atom is -0.299 e. The van der Waals surface area contributed by atoms with Crippen LogP contribution in [-0.2, 0) is 4.79 Å². The summed E-state index contributed by atoms with van der Waals surface area (Å²) >= 11 is 0. The number of ketones is 1. The molecule has 0 aromatic heterocycles. The summed E-state index contributed by atoms with van der Waals surface area (Å²) in [6.45, 7) is 2.18. The van der Waals surface area contributed by atoms with Crippen LogP contribution in [0.1, 0.15) is 32.6 Å². The van der Waals surface area contributed by atoms with Crippen LogP contribution in [0, 0.1) is 17.8 Å². The Labute approximate surface area is 73.8 Å². The van der Waals surface area contributed by atoms with E-state index < -0.39 is 0 Å². The van der Waals surface area contributed by atoms with Crippen molar-refractivity contribution in [3.63, 3.8) is 0 Å². The van der Waals surface area contributed by atoms with Crippen molar-refractivity contribution in [1.82, 2.24) is 0 Å². The summed E-state index contributed by atoms with van der Waals surface area (Å²) in [5.41, 5.74) is 0. The largest absolute Gasteiger partial charge is 0.299 e. The highest BCUT2D eigenvalue weighted by Gasteiger charge is 2.35. The van der Waals surface area contributed by atoms with E-state index in [1.807, 2.05) is 0 Å². The molecular weight excluding hydrogens is 148 g/mol. The molecule has 1 nitrogen and oxygen atoms in total. The maximum atomic E-state index is 11.6. The van der Waals surface area contributed by atoms with Crippen molar-refractivity contribution < 1.29 is 4.79 Å². The molecule has 0 radical (unpaired) electrons. The Morgan fingerprint density at radius 1 is 1.50 bits per heavy atom. The quantitative estimate of drug-likeness (QED) is 0.503. The van der Waals surface area contributed by atoms with E-state index in [2.05, 4.69) is 19.1 Å². The van der Waals surface area contributed by atoms with Crippen LogP contribution in [0.25, 0.3) is 0 Å². The topological polar surface area (TPSA) is 17.1 Å². The summed E-state index contributed by atoms with van der Waals surface area (Å²) in [6.07, 6.45) is 8.83. The Morgan fingerprint density at radius 3 is 3.08 bits per heavy atom. The van der Waals surface area contributed by atoms with Crippen molar-refractivity contribution in [1.29, 1.82) is 0 Å². The summed E-state index contributed by atoms with van der Waals surface area (Å²) in [4.78, 5) is 11.6. The molecule has 0 amide bonds. The molecule has 2 aliphatic rings. The minimum atomic E-state index is 0.365. The zero-order valence-corrected chi connectivity index (χ0v) is 7.62. The number of hydrogen-bond donors (Lipinski definition) is 0. The van der Waals surface area contributed by atoms with Crippen LogP contribution in [0.15, 0.2) is 12.2 Å². The lowest BCUT2D eigenvalue weighted by Crippen LogP contribution is -2.34. The first-order valence-corrected chi connectivity index (χ1v) is 4.98. The number of hydrogen-bond acceptors (Lipinski definition) is 1. The fraction of sp³-hybridized carbons (Fsp3) is 0.727. The van der Waals surface area contributed by atoms with E-state index in [-0.39, 0.29) is 0 Å². The van der Waals surface area contributed by atoms with Crippen LogP contribution >= 0.6 is 0 Å². The Balaban J connectivity index is 2.20. The molecule has 0 aromatic carbocycles. The maximum Gasteiger partial charge on any atom is 0.136 e. The van der Waals surface area contributed by atoms with Crippen molar-refractivity contribution in [3.05, 3.63) is 12.2 Å². The van der Waals surface area contributed by atoms with E-state index in [0.717, 1.165) is 19.3 Å². The Bertz CT molecular complexity index is 217. The summed E-state index contributed by atoms with van der Waals surface area (Å²) in [6, 6.07) is 0. The lowest BCUT2D eigenvalue weighted by Gasteiger charge is -2.35. The van der Waals surface area contributed by atoms with Crippen LogP contribution in [0.3, 0.4) is 0 Å². The van der Waals surface area contributed by atoms with Gasteiger partial charge in [-0.2, -0.15) is 0 Å². The predicted octanol–water partition coefficient (Wildman–Crippen LogP) is 2.57. The Kier molecular flexibility index (Phi) is 2.03. The number of rotatable bonds is 0. The van der Waals surface area contributed by atoms with E-state index in [4.69, 9.17) is 0 Å². The molecule has 0 saturated heterocycles. The van der Waals surface area contributed by atoms with Gasteiger partial charge in [-0.1, -0.05) is 19.1 Å². The fourth-order valence-corrected chi connectivity index (χ4v) is 2.72. The Morgan fingerprint density at radius 2 is 2.33 bits per heavy atom. The zero-order chi connectivity index (χ0) is 8.55. The van der Waals surface area contributed by atoms with Crippen LogP contribution < -0.4 is 0 Å². The zero-order valence-electron chi connectivity index (χ0n) is 7.62. The van der Waals surface area contributed by atoms with Gasteiger partial charge in [-0.3, -0.25) is 4.79 Å². The van der Waals surface area contributed by atoms with E-state index in [9.17, 15) is 4.79 Å². The van der Waals surface area contributed by atoms with Crippen molar-refractivity contribution >= 4 is 5.78 Å². The molecule has 3 atom stereocenters. The smallest absolute Gasteiger partial charge is 0.136 e. The van der Waals surface area contributed by atoms with Gasteiger partial charge in [0, 0.05) is 12.3 Å². The van der Waals surface area contributed by atoms with Gasteiger partial charge in [0.2, 0.25) is 0 Å². The molecule has 0 N–H and O–H groups in total. The molecule has 2 rings (SSSR count). The molecule has 0 aromatic rings. The normalized spacial score (nSPS) is 41.1. The van der Waals surface area contributed by atoms with Crippen molar-refractivity contribution in [2.24, 2.45) is 17.8 Å². The van der Waals surface area contributed by atoms with E-state index >= 15 is 0 Å². The standard InChI is InChI=1S/C11H16O/c1-8-4-2-5-9-6-3-7-10(12)11(8)9/h2,4,8-9,11H,3,5-7H2,1H3/t8-,9-,11+/m0/s1. The second kappa shape index (κ2) is 3.04. The fourth-order valence-electron chi connectivity index (χ4n) is 2.72. The molecule has 12 heavy (non-hydrogen) atoms. The first-order valence-electron chi connectivity index (χ1n) is 4.98. The highest BCUT2D eigenvalue weighted by atomic mass is 16.1. The molecule has 0 aliphatic heterocycles. The molecule has 66 valence electrons. The second-order valence-corrected chi connectivity index (χ2v) is 4.17. The van der Waals surface area contributed by atoms with Gasteiger partial charge in [-0.25, -0.2) is 0 Å². The third-order valence-electron chi connectivity index (χ3n) is 3.32. The number of carbonyl (C=O) groups is 1. The number of allylic oxidation sites excluding steroid dienone is 2. The van der Waals surface area contributed by atoms with E-state index in [1.54, 1.807) is 0 Å². The molecule has 2 aliphatic carbocycles. The third kappa shape index (κ3) is 1.21. The number of carbonyl (C=O) groups excluding carboxylic acids is 1. The molecule has 1 heteroatoms. The molecule has 1 fully saturated rings. The monoisotopic (exact) mass is 164 g/mol. The van der Waals surface area contributed by atoms with Crippen LogP contribution in [0.4, 0.5) is 0 Å². The molecule has 0 heterocycles. The van der Waals surface area contributed by atoms with Gasteiger partial charge < -0.3 is 0 Å². The van der Waals surface area contributed by atoms with Crippen molar-refractivity contribution in [3.8, 4) is 0 Å². The van der Waals surface area contributed by atoms with Gasteiger partial charge in [-0.15, -0.1) is 0 Å². The highest BCUT2D eigenvalue weighted by molar-refractivity contribution is 5.82. The number of Topliss-reactive ketones (excluding diaryl/α,β-unsaturated/α-hetero) is 1. The van der Waals surface area contributed by atoms with Gasteiger partial charge in [0.15, 0.2) is 0 Å².